The lowest BCUT2D eigenvalue weighted by Crippen LogP contribution is -2.55. The Morgan fingerprint density at radius 1 is 0.762 bits per heavy atom. The van der Waals surface area contributed by atoms with Crippen LogP contribution in [0.15, 0.2) is 85.0 Å². The molecular formula is C34H39N3O5. The minimum Gasteiger partial charge on any atom is -0.396 e. The van der Waals surface area contributed by atoms with Gasteiger partial charge in [0, 0.05) is 39.3 Å². The quantitative estimate of drug-likeness (QED) is 0.370. The molecule has 0 aromatic heterocycles. The predicted octanol–water partition coefficient (Wildman–Crippen LogP) is 3.32. The number of amides is 3. The van der Waals surface area contributed by atoms with Gasteiger partial charge >= 0.3 is 0 Å². The molecule has 1 unspecified atom stereocenters. The smallest absolute Gasteiger partial charge is 0.249 e. The molecule has 2 fully saturated rings. The highest BCUT2D eigenvalue weighted by Crippen LogP contribution is 2.57. The van der Waals surface area contributed by atoms with Crippen molar-refractivity contribution < 1.29 is 24.2 Å². The maximum atomic E-state index is 14.5. The highest BCUT2D eigenvalue weighted by molar-refractivity contribution is 6.00. The lowest BCUT2D eigenvalue weighted by molar-refractivity contribution is -0.153. The van der Waals surface area contributed by atoms with E-state index in [1.165, 1.54) is 0 Å². The summed E-state index contributed by atoms with van der Waals surface area (Å²) in [5.74, 6) is -2.10. The normalized spacial score (nSPS) is 30.3. The molecule has 2 saturated heterocycles. The Hall–Kier alpha value is -3.75. The fourth-order valence-electron chi connectivity index (χ4n) is 7.32. The largest absolute Gasteiger partial charge is 0.396 e. The van der Waals surface area contributed by atoms with Crippen LogP contribution in [-0.4, -0.2) is 81.0 Å². The Kier molecular flexibility index (Phi) is 7.77. The first-order chi connectivity index (χ1) is 20.4. The molecule has 3 amide bonds. The highest BCUT2D eigenvalue weighted by atomic mass is 16.5. The summed E-state index contributed by atoms with van der Waals surface area (Å²) in [6.45, 7) is 3.98. The SMILES string of the molecule is C[C@@]12C=CCN(Cc3ccccc3)C(=O)[C@@H]1[C@H]1C(=O)N(CCCCCO)C3C(=O)N(Cc4ccccc4)CC=C[C@@]31O2. The second kappa shape index (κ2) is 11.5. The molecule has 8 nitrogen and oxygen atoms in total. The summed E-state index contributed by atoms with van der Waals surface area (Å²) in [4.78, 5) is 48.5. The Bertz CT molecular complexity index is 1380. The van der Waals surface area contributed by atoms with E-state index in [1.54, 1.807) is 14.7 Å². The molecule has 0 saturated carbocycles. The third-order valence-electron chi connectivity index (χ3n) is 9.21. The Morgan fingerprint density at radius 3 is 1.98 bits per heavy atom. The molecule has 5 atom stereocenters. The van der Waals surface area contributed by atoms with E-state index in [4.69, 9.17) is 4.74 Å². The zero-order valence-corrected chi connectivity index (χ0v) is 24.1. The Balaban J connectivity index is 1.37. The summed E-state index contributed by atoms with van der Waals surface area (Å²) in [7, 11) is 0. The summed E-state index contributed by atoms with van der Waals surface area (Å²) in [6, 6.07) is 18.8. The molecule has 1 N–H and O–H groups in total. The number of rotatable bonds is 9. The van der Waals surface area contributed by atoms with Gasteiger partial charge in [-0.1, -0.05) is 85.0 Å². The molecule has 0 radical (unpaired) electrons. The zero-order chi connectivity index (χ0) is 29.3. The number of aliphatic hydroxyl groups is 1. The van der Waals surface area contributed by atoms with Crippen molar-refractivity contribution in [3.63, 3.8) is 0 Å². The van der Waals surface area contributed by atoms with Gasteiger partial charge in [-0.05, 0) is 37.3 Å². The number of ether oxygens (including phenoxy) is 1. The third kappa shape index (κ3) is 4.86. The van der Waals surface area contributed by atoms with Crippen molar-refractivity contribution in [2.45, 2.75) is 56.5 Å². The molecule has 4 heterocycles. The topological polar surface area (TPSA) is 90.4 Å². The minimum absolute atomic E-state index is 0.0814. The average molecular weight is 570 g/mol. The Morgan fingerprint density at radius 2 is 1.36 bits per heavy atom. The van der Waals surface area contributed by atoms with Crippen LogP contribution in [0.1, 0.15) is 37.3 Å². The van der Waals surface area contributed by atoms with Gasteiger partial charge in [0.05, 0.1) is 17.4 Å². The van der Waals surface area contributed by atoms with E-state index in [0.717, 1.165) is 17.5 Å². The predicted molar refractivity (Wildman–Crippen MR) is 158 cm³/mol. The summed E-state index contributed by atoms with van der Waals surface area (Å²) in [5, 5.41) is 9.31. The molecular weight excluding hydrogens is 530 g/mol. The number of likely N-dealkylation sites (tertiary alicyclic amines) is 1. The summed E-state index contributed by atoms with van der Waals surface area (Å²) in [6.07, 6.45) is 9.72. The van der Waals surface area contributed by atoms with E-state index >= 15 is 0 Å². The van der Waals surface area contributed by atoms with Crippen molar-refractivity contribution in [2.75, 3.05) is 26.2 Å². The van der Waals surface area contributed by atoms with Crippen molar-refractivity contribution in [1.82, 2.24) is 14.7 Å². The number of fused-ring (bicyclic) bond motifs is 2. The van der Waals surface area contributed by atoms with Gasteiger partial charge in [-0.25, -0.2) is 0 Å². The number of hydrogen-bond donors (Lipinski definition) is 1. The lowest BCUT2D eigenvalue weighted by Gasteiger charge is -2.37. The van der Waals surface area contributed by atoms with Crippen LogP contribution in [0.25, 0.3) is 0 Å². The van der Waals surface area contributed by atoms with Crippen LogP contribution in [0.3, 0.4) is 0 Å². The molecule has 0 bridgehead atoms. The molecule has 2 aromatic carbocycles. The molecule has 2 aromatic rings. The van der Waals surface area contributed by atoms with Crippen LogP contribution >= 0.6 is 0 Å². The van der Waals surface area contributed by atoms with Crippen molar-refractivity contribution in [1.29, 1.82) is 0 Å². The van der Waals surface area contributed by atoms with E-state index in [0.29, 0.717) is 45.6 Å². The van der Waals surface area contributed by atoms with Gasteiger partial charge in [-0.3, -0.25) is 14.4 Å². The second-order valence-electron chi connectivity index (χ2n) is 12.0. The molecule has 4 aliphatic rings. The molecule has 220 valence electrons. The van der Waals surface area contributed by atoms with Crippen LogP contribution in [0.4, 0.5) is 0 Å². The fraction of sp³-hybridized carbons (Fsp3) is 0.441. The van der Waals surface area contributed by atoms with Gasteiger partial charge in [-0.15, -0.1) is 0 Å². The number of unbranched alkanes of at least 4 members (excludes halogenated alkanes) is 2. The first kappa shape index (κ1) is 28.4. The number of aliphatic hydroxyl groups excluding tert-OH is 1. The van der Waals surface area contributed by atoms with Gasteiger partial charge in [0.25, 0.3) is 0 Å². The fourth-order valence-corrected chi connectivity index (χ4v) is 7.32. The zero-order valence-electron chi connectivity index (χ0n) is 24.1. The highest BCUT2D eigenvalue weighted by Gasteiger charge is 2.74. The first-order valence-electron chi connectivity index (χ1n) is 15.0. The number of hydrogen-bond acceptors (Lipinski definition) is 5. The summed E-state index contributed by atoms with van der Waals surface area (Å²) in [5.41, 5.74) is -0.280. The molecule has 0 aliphatic carbocycles. The van der Waals surface area contributed by atoms with Crippen LogP contribution in [0, 0.1) is 11.8 Å². The summed E-state index contributed by atoms with van der Waals surface area (Å²) < 4.78 is 6.92. The number of nitrogens with zero attached hydrogens (tertiary/aromatic N) is 3. The van der Waals surface area contributed by atoms with Crippen LogP contribution in [0.5, 0.6) is 0 Å². The van der Waals surface area contributed by atoms with Gasteiger partial charge < -0.3 is 24.5 Å². The first-order valence-corrected chi connectivity index (χ1v) is 15.0. The molecule has 42 heavy (non-hydrogen) atoms. The van der Waals surface area contributed by atoms with E-state index in [9.17, 15) is 19.5 Å². The molecule has 4 aliphatic heterocycles. The number of benzene rings is 2. The van der Waals surface area contributed by atoms with Crippen molar-refractivity contribution in [3.05, 3.63) is 96.1 Å². The average Bonchev–Trinajstić information content (AvgIpc) is 3.27. The standard InChI is InChI=1S/C34H39N3O5/c1-33-17-11-19-35(23-25-13-5-2-6-14-25)30(39)27(33)28-31(40)37(21-9-4-10-22-38)29-32(41)36(20-12-18-34(28,29)42-33)24-26-15-7-3-8-16-26/h2-3,5-8,11-18,27-29,38H,4,9-10,19-24H2,1H3/t27-,28-,29?,33+,34-/m0/s1. The molecule has 1 spiro atoms. The summed E-state index contributed by atoms with van der Waals surface area (Å²) >= 11 is 0. The maximum absolute atomic E-state index is 14.5. The van der Waals surface area contributed by atoms with Gasteiger partial charge in [-0.2, -0.15) is 0 Å². The third-order valence-corrected chi connectivity index (χ3v) is 9.21. The van der Waals surface area contributed by atoms with Crippen LogP contribution < -0.4 is 0 Å². The van der Waals surface area contributed by atoms with Gasteiger partial charge in [0.15, 0.2) is 0 Å². The Labute approximate surface area is 247 Å². The van der Waals surface area contributed by atoms with E-state index in [1.807, 2.05) is 91.9 Å². The number of carbonyl (C=O) groups excluding carboxylic acids is 3. The van der Waals surface area contributed by atoms with Crippen LogP contribution in [-0.2, 0) is 32.2 Å². The van der Waals surface area contributed by atoms with Gasteiger partial charge in [0.2, 0.25) is 17.7 Å². The lowest BCUT2D eigenvalue weighted by atomic mass is 9.74. The van der Waals surface area contributed by atoms with Crippen molar-refractivity contribution in [3.8, 4) is 0 Å². The van der Waals surface area contributed by atoms with E-state index in [2.05, 4.69) is 0 Å². The van der Waals surface area contributed by atoms with Gasteiger partial charge in [0.1, 0.15) is 11.6 Å². The monoisotopic (exact) mass is 569 g/mol. The van der Waals surface area contributed by atoms with Crippen molar-refractivity contribution in [2.24, 2.45) is 11.8 Å². The molecule has 6 rings (SSSR count). The molecule has 8 heteroatoms. The maximum Gasteiger partial charge on any atom is 0.249 e. The second-order valence-corrected chi connectivity index (χ2v) is 12.0. The number of carbonyl (C=O) groups is 3. The van der Waals surface area contributed by atoms with E-state index < -0.39 is 29.1 Å². The van der Waals surface area contributed by atoms with Crippen LogP contribution in [0.2, 0.25) is 0 Å². The van der Waals surface area contributed by atoms with Crippen molar-refractivity contribution >= 4 is 17.7 Å². The minimum atomic E-state index is -1.26. The van der Waals surface area contributed by atoms with E-state index in [-0.39, 0.29) is 24.3 Å².